The van der Waals surface area contributed by atoms with E-state index >= 15 is 0 Å². The summed E-state index contributed by atoms with van der Waals surface area (Å²) in [5.74, 6) is 0.194. The maximum Gasteiger partial charge on any atom is 0.329 e. The second-order valence-corrected chi connectivity index (χ2v) is 6.74. The van der Waals surface area contributed by atoms with Gasteiger partial charge in [0.25, 0.3) is 5.91 Å². The Bertz CT molecular complexity index is 1050. The molecule has 2 aromatic carbocycles. The number of benzene rings is 2. The fourth-order valence-electron chi connectivity index (χ4n) is 3.02. The Morgan fingerprint density at radius 2 is 1.61 bits per heavy atom. The molecule has 0 bridgehead atoms. The lowest BCUT2D eigenvalue weighted by molar-refractivity contribution is -0.127. The molecule has 0 unspecified atom stereocenters. The molecule has 0 atom stereocenters. The lowest BCUT2D eigenvalue weighted by atomic mass is 10.1. The quantitative estimate of drug-likeness (QED) is 0.522. The Morgan fingerprint density at radius 3 is 2.23 bits per heavy atom. The van der Waals surface area contributed by atoms with E-state index in [2.05, 4.69) is 10.6 Å². The number of carbonyl (C=O) groups is 3. The number of methoxy groups -OCH3 is 3. The van der Waals surface area contributed by atoms with Gasteiger partial charge in [0.05, 0.1) is 21.3 Å². The zero-order valence-electron chi connectivity index (χ0n) is 17.6. The number of anilines is 1. The van der Waals surface area contributed by atoms with E-state index in [9.17, 15) is 14.4 Å². The average Bonchev–Trinajstić information content (AvgIpc) is 3.02. The number of hydrogen-bond donors (Lipinski definition) is 2. The van der Waals surface area contributed by atoms with Crippen LogP contribution in [0.2, 0.25) is 0 Å². The lowest BCUT2D eigenvalue weighted by Crippen LogP contribution is -2.38. The third kappa shape index (κ3) is 4.77. The highest BCUT2D eigenvalue weighted by molar-refractivity contribution is 6.16. The molecule has 0 radical (unpaired) electrons. The molecule has 162 valence electrons. The van der Waals surface area contributed by atoms with Crippen molar-refractivity contribution in [2.75, 3.05) is 33.2 Å². The number of ether oxygens (including phenoxy) is 3. The van der Waals surface area contributed by atoms with E-state index in [0.717, 1.165) is 10.5 Å². The van der Waals surface area contributed by atoms with Gasteiger partial charge in [0.2, 0.25) is 5.91 Å². The Hall–Kier alpha value is -4.01. The molecule has 0 aliphatic carbocycles. The summed E-state index contributed by atoms with van der Waals surface area (Å²) in [6.45, 7) is 1.51. The van der Waals surface area contributed by atoms with E-state index in [1.165, 1.54) is 27.4 Å². The van der Waals surface area contributed by atoms with Crippen molar-refractivity contribution in [3.63, 3.8) is 0 Å². The van der Waals surface area contributed by atoms with Gasteiger partial charge in [-0.1, -0.05) is 17.7 Å². The van der Waals surface area contributed by atoms with E-state index < -0.39 is 24.4 Å². The van der Waals surface area contributed by atoms with Crippen LogP contribution < -0.4 is 24.8 Å². The fraction of sp³-hybridized carbons (Fsp3) is 0.227. The molecule has 3 rings (SSSR count). The highest BCUT2D eigenvalue weighted by Crippen LogP contribution is 2.35. The largest absolute Gasteiger partial charge is 0.496 e. The SMILES string of the molecule is COc1cc(OC)c(OC)cc1/C=C1/NC(=O)N(CC(=O)Nc2ccc(C)cc2)C1=O. The molecule has 4 amide bonds. The summed E-state index contributed by atoms with van der Waals surface area (Å²) >= 11 is 0. The summed E-state index contributed by atoms with van der Waals surface area (Å²) in [5.41, 5.74) is 2.13. The highest BCUT2D eigenvalue weighted by Gasteiger charge is 2.35. The summed E-state index contributed by atoms with van der Waals surface area (Å²) in [7, 11) is 4.45. The fourth-order valence-corrected chi connectivity index (χ4v) is 3.02. The van der Waals surface area contributed by atoms with Crippen molar-refractivity contribution in [2.45, 2.75) is 6.92 Å². The van der Waals surface area contributed by atoms with Crippen LogP contribution in [0.25, 0.3) is 6.08 Å². The van der Waals surface area contributed by atoms with E-state index in [0.29, 0.717) is 28.5 Å². The molecule has 9 nitrogen and oxygen atoms in total. The number of carbonyl (C=O) groups excluding carboxylic acids is 3. The minimum absolute atomic E-state index is 0.0126. The van der Waals surface area contributed by atoms with Crippen LogP contribution in [0.4, 0.5) is 10.5 Å². The number of urea groups is 1. The van der Waals surface area contributed by atoms with Crippen LogP contribution in [0, 0.1) is 6.92 Å². The monoisotopic (exact) mass is 425 g/mol. The first-order valence-corrected chi connectivity index (χ1v) is 9.37. The number of aryl methyl sites for hydroxylation is 1. The summed E-state index contributed by atoms with van der Waals surface area (Å²) in [6, 6.07) is 9.73. The first-order chi connectivity index (χ1) is 14.9. The molecule has 1 saturated heterocycles. The molecular formula is C22H23N3O6. The van der Waals surface area contributed by atoms with E-state index in [4.69, 9.17) is 14.2 Å². The van der Waals surface area contributed by atoms with E-state index in [-0.39, 0.29) is 5.70 Å². The van der Waals surface area contributed by atoms with Gasteiger partial charge in [-0.05, 0) is 31.2 Å². The summed E-state index contributed by atoms with van der Waals surface area (Å²) in [6.07, 6.45) is 1.46. The van der Waals surface area contributed by atoms with Crippen LogP contribution in [-0.4, -0.2) is 50.6 Å². The number of hydrogen-bond acceptors (Lipinski definition) is 6. The minimum atomic E-state index is -0.685. The number of rotatable bonds is 7. The van der Waals surface area contributed by atoms with Crippen molar-refractivity contribution in [2.24, 2.45) is 0 Å². The van der Waals surface area contributed by atoms with Crippen LogP contribution in [0.1, 0.15) is 11.1 Å². The molecule has 0 aromatic heterocycles. The molecule has 9 heteroatoms. The topological polar surface area (TPSA) is 106 Å². The van der Waals surface area contributed by atoms with Crippen LogP contribution in [0.15, 0.2) is 42.1 Å². The Morgan fingerprint density at radius 1 is 1.00 bits per heavy atom. The minimum Gasteiger partial charge on any atom is -0.496 e. The number of imide groups is 1. The summed E-state index contributed by atoms with van der Waals surface area (Å²) in [5, 5.41) is 5.15. The summed E-state index contributed by atoms with van der Waals surface area (Å²) < 4.78 is 15.9. The van der Waals surface area contributed by atoms with E-state index in [1.54, 1.807) is 24.3 Å². The van der Waals surface area contributed by atoms with Crippen LogP contribution >= 0.6 is 0 Å². The molecule has 0 saturated carbocycles. The zero-order valence-corrected chi connectivity index (χ0v) is 17.6. The average molecular weight is 425 g/mol. The normalized spacial score (nSPS) is 14.5. The molecule has 1 fully saturated rings. The van der Waals surface area contributed by atoms with E-state index in [1.807, 2.05) is 19.1 Å². The Kier molecular flexibility index (Phi) is 6.44. The van der Waals surface area contributed by atoms with Crippen LogP contribution in [-0.2, 0) is 9.59 Å². The third-order valence-corrected chi connectivity index (χ3v) is 4.64. The Balaban J connectivity index is 1.78. The molecular weight excluding hydrogens is 402 g/mol. The van der Waals surface area contributed by atoms with Crippen molar-refractivity contribution in [3.8, 4) is 17.2 Å². The van der Waals surface area contributed by atoms with Crippen molar-refractivity contribution in [1.29, 1.82) is 0 Å². The summed E-state index contributed by atoms with van der Waals surface area (Å²) in [4.78, 5) is 38.2. The van der Waals surface area contributed by atoms with Gasteiger partial charge in [-0.25, -0.2) is 9.69 Å². The van der Waals surface area contributed by atoms with Crippen LogP contribution in [0.3, 0.4) is 0 Å². The molecule has 1 heterocycles. The second-order valence-electron chi connectivity index (χ2n) is 6.74. The van der Waals surface area contributed by atoms with Gasteiger partial charge < -0.3 is 24.8 Å². The Labute approximate surface area is 179 Å². The third-order valence-electron chi connectivity index (χ3n) is 4.64. The van der Waals surface area contributed by atoms with Gasteiger partial charge in [-0.3, -0.25) is 9.59 Å². The smallest absolute Gasteiger partial charge is 0.329 e. The number of nitrogens with zero attached hydrogens (tertiary/aromatic N) is 1. The predicted octanol–water partition coefficient (Wildman–Crippen LogP) is 2.55. The van der Waals surface area contributed by atoms with Gasteiger partial charge in [0, 0.05) is 17.3 Å². The number of amides is 4. The van der Waals surface area contributed by atoms with Gasteiger partial charge in [-0.2, -0.15) is 0 Å². The number of nitrogens with one attached hydrogen (secondary N) is 2. The van der Waals surface area contributed by atoms with Gasteiger partial charge >= 0.3 is 6.03 Å². The molecule has 31 heavy (non-hydrogen) atoms. The molecule has 0 spiro atoms. The predicted molar refractivity (Wildman–Crippen MR) is 114 cm³/mol. The van der Waals surface area contributed by atoms with Crippen molar-refractivity contribution < 1.29 is 28.6 Å². The van der Waals surface area contributed by atoms with Crippen molar-refractivity contribution in [3.05, 3.63) is 53.2 Å². The van der Waals surface area contributed by atoms with Gasteiger partial charge in [0.1, 0.15) is 18.0 Å². The van der Waals surface area contributed by atoms with Gasteiger partial charge in [-0.15, -0.1) is 0 Å². The van der Waals surface area contributed by atoms with Gasteiger partial charge in [0.15, 0.2) is 11.5 Å². The second kappa shape index (κ2) is 9.21. The standard InChI is InChI=1S/C22H23N3O6/c1-13-5-7-15(8-6-13)23-20(26)12-25-21(27)16(24-22(25)28)9-14-10-18(30-3)19(31-4)11-17(14)29-2/h5-11H,12H2,1-4H3,(H,23,26)(H,24,28)/b16-9+. The molecule has 2 N–H and O–H groups in total. The first-order valence-electron chi connectivity index (χ1n) is 9.37. The lowest BCUT2D eigenvalue weighted by Gasteiger charge is -2.13. The molecule has 2 aromatic rings. The highest BCUT2D eigenvalue weighted by atomic mass is 16.5. The van der Waals surface area contributed by atoms with Crippen molar-refractivity contribution >= 4 is 29.6 Å². The van der Waals surface area contributed by atoms with Crippen LogP contribution in [0.5, 0.6) is 17.2 Å². The maximum atomic E-state index is 12.7. The zero-order chi connectivity index (χ0) is 22.5. The first kappa shape index (κ1) is 21.7. The molecule has 1 aliphatic rings. The molecule has 1 aliphatic heterocycles. The van der Waals surface area contributed by atoms with Crippen molar-refractivity contribution in [1.82, 2.24) is 10.2 Å². The maximum absolute atomic E-state index is 12.7.